The van der Waals surface area contributed by atoms with Gasteiger partial charge < -0.3 is 31.7 Å². The van der Waals surface area contributed by atoms with E-state index in [1.54, 1.807) is 30.3 Å². The molecule has 0 bridgehead atoms. The minimum atomic E-state index is -1.49. The molecule has 10 nitrogen and oxygen atoms in total. The first kappa shape index (κ1) is 22.1. The average molecular weight is 381 g/mol. The molecule has 4 atom stereocenters. The highest BCUT2D eigenvalue weighted by Crippen LogP contribution is 2.05. The fourth-order valence-electron chi connectivity index (χ4n) is 2.26. The maximum absolute atomic E-state index is 12.4. The Morgan fingerprint density at radius 1 is 1.04 bits per heavy atom. The number of carbonyl (C=O) groups excluding carboxylic acids is 2. The van der Waals surface area contributed by atoms with Crippen molar-refractivity contribution in [3.8, 4) is 0 Å². The molecule has 0 saturated heterocycles. The molecule has 0 radical (unpaired) electrons. The summed E-state index contributed by atoms with van der Waals surface area (Å²) in [4.78, 5) is 46.3. The summed E-state index contributed by atoms with van der Waals surface area (Å²) < 4.78 is 0. The molecule has 0 aliphatic rings. The average Bonchev–Trinajstić information content (AvgIpc) is 2.58. The molecule has 0 aliphatic carbocycles. The third-order valence-corrected chi connectivity index (χ3v) is 3.69. The monoisotopic (exact) mass is 381 g/mol. The van der Waals surface area contributed by atoms with Crippen LogP contribution in [0.4, 0.5) is 0 Å². The van der Waals surface area contributed by atoms with Gasteiger partial charge >= 0.3 is 11.9 Å². The van der Waals surface area contributed by atoms with Crippen LogP contribution >= 0.6 is 0 Å². The lowest BCUT2D eigenvalue weighted by molar-refractivity contribution is -0.143. The number of aliphatic hydroxyl groups excluding tert-OH is 1. The van der Waals surface area contributed by atoms with Gasteiger partial charge in [0.2, 0.25) is 11.8 Å². The zero-order valence-corrected chi connectivity index (χ0v) is 14.7. The summed E-state index contributed by atoms with van der Waals surface area (Å²) in [6, 6.07) is 4.40. The fourth-order valence-corrected chi connectivity index (χ4v) is 2.26. The van der Waals surface area contributed by atoms with Gasteiger partial charge in [0.05, 0.1) is 18.6 Å². The number of hydrogen-bond acceptors (Lipinski definition) is 6. The van der Waals surface area contributed by atoms with Gasteiger partial charge in [-0.3, -0.25) is 14.4 Å². The van der Waals surface area contributed by atoms with Gasteiger partial charge in [-0.05, 0) is 12.5 Å². The number of benzene rings is 1. The maximum atomic E-state index is 12.4. The largest absolute Gasteiger partial charge is 0.481 e. The van der Waals surface area contributed by atoms with Gasteiger partial charge in [0.1, 0.15) is 12.1 Å². The van der Waals surface area contributed by atoms with E-state index in [4.69, 9.17) is 10.8 Å². The molecular formula is C17H23N3O7. The van der Waals surface area contributed by atoms with Gasteiger partial charge in [-0.2, -0.15) is 0 Å². The number of carboxylic acid groups (broad SMARTS) is 2. The Morgan fingerprint density at radius 3 is 2.11 bits per heavy atom. The van der Waals surface area contributed by atoms with Gasteiger partial charge in [-0.25, -0.2) is 4.79 Å². The number of aliphatic carboxylic acids is 2. The lowest BCUT2D eigenvalue weighted by Crippen LogP contribution is -2.58. The Balaban J connectivity index is 2.81. The molecule has 7 N–H and O–H groups in total. The Kier molecular flexibility index (Phi) is 8.36. The topological polar surface area (TPSA) is 179 Å². The molecule has 0 heterocycles. The lowest BCUT2D eigenvalue weighted by Gasteiger charge is -2.24. The van der Waals surface area contributed by atoms with E-state index < -0.39 is 54.4 Å². The molecule has 1 aromatic carbocycles. The second kappa shape index (κ2) is 10.2. The molecule has 0 aliphatic heterocycles. The number of aliphatic hydroxyl groups is 1. The minimum absolute atomic E-state index is 0.000910. The molecule has 1 rings (SSSR count). The maximum Gasteiger partial charge on any atom is 0.326 e. The quantitative estimate of drug-likeness (QED) is 0.282. The van der Waals surface area contributed by atoms with Crippen LogP contribution in [0.25, 0.3) is 0 Å². The number of carbonyl (C=O) groups is 4. The summed E-state index contributed by atoms with van der Waals surface area (Å²) in [6.45, 7) is 1.22. The van der Waals surface area contributed by atoms with Crippen LogP contribution in [0.15, 0.2) is 30.3 Å². The highest BCUT2D eigenvalue weighted by Gasteiger charge is 2.31. The molecule has 1 aromatic rings. The van der Waals surface area contributed by atoms with Crippen molar-refractivity contribution in [3.63, 3.8) is 0 Å². The Labute approximate surface area is 155 Å². The van der Waals surface area contributed by atoms with Crippen molar-refractivity contribution in [1.29, 1.82) is 0 Å². The Hall–Kier alpha value is -2.98. The third kappa shape index (κ3) is 7.42. The van der Waals surface area contributed by atoms with Crippen LogP contribution in [0.2, 0.25) is 0 Å². The standard InChI is InChI=1S/C17H23N3O7/c1-9(21)14(20-15(24)11(18)8-13(22)23)16(25)19-12(17(26)27)7-10-5-3-2-4-6-10/h2-6,9,11-12,14,21H,7-8,18H2,1H3,(H,19,25)(H,20,24)(H,22,23)(H,26,27). The van der Waals surface area contributed by atoms with Crippen molar-refractivity contribution in [2.75, 3.05) is 0 Å². The predicted molar refractivity (Wildman–Crippen MR) is 93.6 cm³/mol. The van der Waals surface area contributed by atoms with E-state index in [-0.39, 0.29) is 6.42 Å². The number of nitrogens with two attached hydrogens (primary N) is 1. The van der Waals surface area contributed by atoms with Gasteiger partial charge in [-0.15, -0.1) is 0 Å². The molecule has 0 aromatic heterocycles. The highest BCUT2D eigenvalue weighted by atomic mass is 16.4. The zero-order valence-electron chi connectivity index (χ0n) is 14.7. The van der Waals surface area contributed by atoms with Gasteiger partial charge in [0.25, 0.3) is 0 Å². The lowest BCUT2D eigenvalue weighted by atomic mass is 10.0. The van der Waals surface area contributed by atoms with E-state index in [1.807, 2.05) is 0 Å². The molecule has 0 fully saturated rings. The van der Waals surface area contributed by atoms with Crippen LogP contribution in [-0.4, -0.2) is 63.3 Å². The Morgan fingerprint density at radius 2 is 1.63 bits per heavy atom. The minimum Gasteiger partial charge on any atom is -0.481 e. The predicted octanol–water partition coefficient (Wildman–Crippen LogP) is -1.53. The summed E-state index contributed by atoms with van der Waals surface area (Å²) in [5.41, 5.74) is 6.09. The van der Waals surface area contributed by atoms with E-state index in [1.165, 1.54) is 6.92 Å². The molecule has 2 amide bonds. The van der Waals surface area contributed by atoms with Crippen LogP contribution < -0.4 is 16.4 Å². The number of rotatable bonds is 10. The first-order valence-electron chi connectivity index (χ1n) is 8.14. The zero-order chi connectivity index (χ0) is 20.6. The normalized spacial score (nSPS) is 15.1. The van der Waals surface area contributed by atoms with Gasteiger partial charge in [-0.1, -0.05) is 30.3 Å². The van der Waals surface area contributed by atoms with Crippen LogP contribution in [0, 0.1) is 0 Å². The number of hydrogen-bond donors (Lipinski definition) is 6. The molecule has 27 heavy (non-hydrogen) atoms. The molecule has 0 spiro atoms. The molecule has 0 saturated carbocycles. The van der Waals surface area contributed by atoms with E-state index in [9.17, 15) is 29.4 Å². The first-order valence-corrected chi connectivity index (χ1v) is 8.14. The summed E-state index contributed by atoms with van der Waals surface area (Å²) in [5.74, 6) is -4.47. The van der Waals surface area contributed by atoms with Crippen LogP contribution in [0.3, 0.4) is 0 Å². The number of amides is 2. The van der Waals surface area contributed by atoms with Crippen LogP contribution in [-0.2, 0) is 25.6 Å². The van der Waals surface area contributed by atoms with E-state index in [0.717, 1.165) is 0 Å². The van der Waals surface area contributed by atoms with Crippen molar-refractivity contribution in [2.24, 2.45) is 5.73 Å². The van der Waals surface area contributed by atoms with Crippen molar-refractivity contribution in [2.45, 2.75) is 44.0 Å². The van der Waals surface area contributed by atoms with Crippen LogP contribution in [0.5, 0.6) is 0 Å². The summed E-state index contributed by atoms with van der Waals surface area (Å²) in [5, 5.41) is 32.1. The van der Waals surface area contributed by atoms with Crippen molar-refractivity contribution in [1.82, 2.24) is 10.6 Å². The van der Waals surface area contributed by atoms with Crippen molar-refractivity contribution < 1.29 is 34.5 Å². The summed E-state index contributed by atoms with van der Waals surface area (Å²) in [7, 11) is 0. The molecule has 4 unspecified atom stereocenters. The van der Waals surface area contributed by atoms with Gasteiger partial charge in [0, 0.05) is 6.42 Å². The smallest absolute Gasteiger partial charge is 0.326 e. The van der Waals surface area contributed by atoms with Crippen LogP contribution in [0.1, 0.15) is 18.9 Å². The second-order valence-electron chi connectivity index (χ2n) is 6.02. The molecule has 148 valence electrons. The number of nitrogens with one attached hydrogen (secondary N) is 2. The van der Waals surface area contributed by atoms with E-state index in [0.29, 0.717) is 5.56 Å². The Bertz CT molecular complexity index is 678. The van der Waals surface area contributed by atoms with E-state index in [2.05, 4.69) is 10.6 Å². The van der Waals surface area contributed by atoms with Crippen molar-refractivity contribution in [3.05, 3.63) is 35.9 Å². The third-order valence-electron chi connectivity index (χ3n) is 3.69. The summed E-state index contributed by atoms with van der Waals surface area (Å²) in [6.07, 6.45) is -2.02. The fraction of sp³-hybridized carbons (Fsp3) is 0.412. The molecular weight excluding hydrogens is 358 g/mol. The summed E-state index contributed by atoms with van der Waals surface area (Å²) >= 11 is 0. The van der Waals surface area contributed by atoms with Gasteiger partial charge in [0.15, 0.2) is 0 Å². The van der Waals surface area contributed by atoms with Crippen molar-refractivity contribution >= 4 is 23.8 Å². The second-order valence-corrected chi connectivity index (χ2v) is 6.02. The SMILES string of the molecule is CC(O)C(NC(=O)C(N)CC(=O)O)C(=O)NC(Cc1ccccc1)C(=O)O. The molecule has 10 heteroatoms. The van der Waals surface area contributed by atoms with E-state index >= 15 is 0 Å². The highest BCUT2D eigenvalue weighted by molar-refractivity contribution is 5.93. The number of carboxylic acids is 2. The first-order chi connectivity index (χ1) is 12.6.